The lowest BCUT2D eigenvalue weighted by Gasteiger charge is -2.15. The summed E-state index contributed by atoms with van der Waals surface area (Å²) in [5.74, 6) is 0.998. The first-order valence-electron chi connectivity index (χ1n) is 21.3. The van der Waals surface area contributed by atoms with Crippen molar-refractivity contribution in [3.05, 3.63) is 230 Å². The van der Waals surface area contributed by atoms with Gasteiger partial charge in [0.05, 0.1) is 33.5 Å². The molecule has 0 fully saturated rings. The van der Waals surface area contributed by atoms with Gasteiger partial charge < -0.3 is 9.13 Å². The normalized spacial score (nSPS) is 13.8. The molecule has 0 saturated heterocycles. The molecular weight excluding hydrogens is 753 g/mol. The molecule has 3 aromatic heterocycles. The Hall–Kier alpha value is -8.08. The zero-order chi connectivity index (χ0) is 41.0. The Morgan fingerprint density at radius 2 is 0.790 bits per heavy atom. The number of nitrogens with zero attached hydrogens (tertiary/aromatic N) is 4. The fraction of sp³-hybridized carbons (Fsp3) is 0.0345. The minimum atomic E-state index is 0.148. The second kappa shape index (κ2) is 14.9. The molecule has 3 heterocycles. The highest BCUT2D eigenvalue weighted by Crippen LogP contribution is 2.39. The maximum Gasteiger partial charge on any atom is 0.136 e. The third-order valence-corrected chi connectivity index (χ3v) is 12.5. The van der Waals surface area contributed by atoms with Gasteiger partial charge in [-0.25, -0.2) is 9.97 Å². The van der Waals surface area contributed by atoms with Crippen molar-refractivity contribution in [3.63, 3.8) is 0 Å². The number of aromatic nitrogens is 4. The van der Waals surface area contributed by atoms with Crippen LogP contribution in [0.15, 0.2) is 224 Å². The van der Waals surface area contributed by atoms with E-state index in [4.69, 9.17) is 9.97 Å². The van der Waals surface area contributed by atoms with Crippen molar-refractivity contribution in [3.8, 4) is 56.1 Å². The first-order valence-corrected chi connectivity index (χ1v) is 21.3. The van der Waals surface area contributed by atoms with Gasteiger partial charge in [0.2, 0.25) is 0 Å². The van der Waals surface area contributed by atoms with Crippen molar-refractivity contribution in [2.45, 2.75) is 12.3 Å². The molecule has 0 bridgehead atoms. The smallest absolute Gasteiger partial charge is 0.136 e. The molecule has 62 heavy (non-hydrogen) atoms. The third-order valence-electron chi connectivity index (χ3n) is 12.5. The van der Waals surface area contributed by atoms with Crippen LogP contribution in [0.5, 0.6) is 0 Å². The van der Waals surface area contributed by atoms with Crippen LogP contribution in [0.1, 0.15) is 18.2 Å². The topological polar surface area (TPSA) is 35.6 Å². The summed E-state index contributed by atoms with van der Waals surface area (Å²) in [6.07, 6.45) is 9.49. The number of hydrogen-bond acceptors (Lipinski definition) is 2. The van der Waals surface area contributed by atoms with Crippen molar-refractivity contribution in [2.24, 2.45) is 0 Å². The molecule has 11 aromatic rings. The van der Waals surface area contributed by atoms with E-state index in [0.717, 1.165) is 46.1 Å². The summed E-state index contributed by atoms with van der Waals surface area (Å²) in [5, 5.41) is 4.94. The Labute approximate surface area is 360 Å². The number of allylic oxidation sites excluding steroid dienone is 4. The Morgan fingerprint density at radius 1 is 0.355 bits per heavy atom. The van der Waals surface area contributed by atoms with Crippen LogP contribution in [0.25, 0.3) is 99.8 Å². The van der Waals surface area contributed by atoms with E-state index < -0.39 is 0 Å². The molecule has 0 N–H and O–H groups in total. The Balaban J connectivity index is 0.922. The average Bonchev–Trinajstić information content (AvgIpc) is 3.87. The predicted molar refractivity (Wildman–Crippen MR) is 258 cm³/mol. The van der Waals surface area contributed by atoms with E-state index >= 15 is 0 Å². The summed E-state index contributed by atoms with van der Waals surface area (Å²) >= 11 is 0. The van der Waals surface area contributed by atoms with Crippen molar-refractivity contribution >= 4 is 43.6 Å². The van der Waals surface area contributed by atoms with Gasteiger partial charge in [0.1, 0.15) is 5.82 Å². The van der Waals surface area contributed by atoms with Crippen LogP contribution in [0.3, 0.4) is 0 Å². The molecule has 1 aliphatic rings. The van der Waals surface area contributed by atoms with Crippen molar-refractivity contribution in [2.75, 3.05) is 0 Å². The quantitative estimate of drug-likeness (QED) is 0.161. The van der Waals surface area contributed by atoms with E-state index in [1.54, 1.807) is 0 Å². The summed E-state index contributed by atoms with van der Waals surface area (Å²) in [6, 6.07) is 72.2. The van der Waals surface area contributed by atoms with Gasteiger partial charge in [-0.1, -0.05) is 158 Å². The van der Waals surface area contributed by atoms with Gasteiger partial charge in [0.25, 0.3) is 0 Å². The lowest BCUT2D eigenvalue weighted by atomic mass is 9.99. The van der Waals surface area contributed by atoms with Crippen molar-refractivity contribution in [1.82, 2.24) is 19.1 Å². The highest BCUT2D eigenvalue weighted by molar-refractivity contribution is 6.12. The largest absolute Gasteiger partial charge is 0.309 e. The van der Waals surface area contributed by atoms with Crippen LogP contribution in [-0.2, 0) is 0 Å². The molecule has 0 radical (unpaired) electrons. The first kappa shape index (κ1) is 35.8. The maximum atomic E-state index is 5.15. The summed E-state index contributed by atoms with van der Waals surface area (Å²) in [7, 11) is 0. The third kappa shape index (κ3) is 6.15. The lowest BCUT2D eigenvalue weighted by molar-refractivity contribution is 0.775. The molecule has 1 aliphatic carbocycles. The molecule has 1 atom stereocenters. The highest BCUT2D eigenvalue weighted by atomic mass is 15.0. The van der Waals surface area contributed by atoms with Gasteiger partial charge in [0, 0.05) is 50.0 Å². The zero-order valence-corrected chi connectivity index (χ0v) is 33.9. The summed E-state index contributed by atoms with van der Waals surface area (Å²) in [6.45, 7) is 0. The SMILES string of the molecule is C1=CCC(c2nc(-c3ccccc3)cc(-c3ccc(-n4c5ccccc5c5cc(-c6ccc7c(c6)c6ccccc6n7-c6ccc(-c7ccccc7)cc6)ccc54)cc3)n2)C=C1. The summed E-state index contributed by atoms with van der Waals surface area (Å²) in [5.41, 5.74) is 15.9. The van der Waals surface area contributed by atoms with Gasteiger partial charge in [-0.2, -0.15) is 0 Å². The van der Waals surface area contributed by atoms with Crippen LogP contribution in [0.4, 0.5) is 0 Å². The standard InChI is InChI=1S/C58H40N4/c1-4-14-39(15-5-1)40-24-30-46(31-25-40)61-54-22-12-10-20-48(54)50-36-44(28-34-56(50)61)45-29-35-57-51(37-45)49-21-11-13-23-55(49)62(57)47-32-26-42(27-33-47)53-38-52(41-16-6-2-7-17-41)59-58(60-53)43-18-8-3-9-19-43/h1-18,20-38,43H,19H2. The molecular formula is C58H40N4. The Bertz CT molecular complexity index is 3520. The molecule has 0 saturated carbocycles. The fourth-order valence-electron chi connectivity index (χ4n) is 9.38. The van der Waals surface area contributed by atoms with Gasteiger partial charge >= 0.3 is 0 Å². The Kier molecular flexibility index (Phi) is 8.60. The van der Waals surface area contributed by atoms with Crippen LogP contribution in [0.2, 0.25) is 0 Å². The van der Waals surface area contributed by atoms with Crippen LogP contribution < -0.4 is 0 Å². The van der Waals surface area contributed by atoms with Gasteiger partial charge in [-0.15, -0.1) is 0 Å². The second-order valence-electron chi connectivity index (χ2n) is 16.1. The van der Waals surface area contributed by atoms with E-state index in [1.807, 2.05) is 6.07 Å². The lowest BCUT2D eigenvalue weighted by Crippen LogP contribution is -2.05. The van der Waals surface area contributed by atoms with Gasteiger partial charge in [-0.05, 0) is 95.4 Å². The summed E-state index contributed by atoms with van der Waals surface area (Å²) < 4.78 is 4.78. The van der Waals surface area contributed by atoms with Crippen LogP contribution in [-0.4, -0.2) is 19.1 Å². The molecule has 8 aromatic carbocycles. The van der Waals surface area contributed by atoms with Gasteiger partial charge in [0.15, 0.2) is 0 Å². The van der Waals surface area contributed by atoms with Crippen LogP contribution >= 0.6 is 0 Å². The van der Waals surface area contributed by atoms with E-state index in [0.29, 0.717) is 0 Å². The molecule has 4 heteroatoms. The van der Waals surface area contributed by atoms with Gasteiger partial charge in [-0.3, -0.25) is 0 Å². The molecule has 0 amide bonds. The first-order chi connectivity index (χ1) is 30.7. The fourth-order valence-corrected chi connectivity index (χ4v) is 9.38. The molecule has 292 valence electrons. The minimum absolute atomic E-state index is 0.148. The molecule has 4 nitrogen and oxygen atoms in total. The highest BCUT2D eigenvalue weighted by Gasteiger charge is 2.19. The number of hydrogen-bond donors (Lipinski definition) is 0. The second-order valence-corrected chi connectivity index (χ2v) is 16.1. The summed E-state index contributed by atoms with van der Waals surface area (Å²) in [4.78, 5) is 10.2. The van der Waals surface area contributed by atoms with E-state index in [-0.39, 0.29) is 5.92 Å². The molecule has 1 unspecified atom stereocenters. The number of rotatable bonds is 7. The number of para-hydroxylation sites is 2. The minimum Gasteiger partial charge on any atom is -0.309 e. The van der Waals surface area contributed by atoms with E-state index in [1.165, 1.54) is 65.9 Å². The van der Waals surface area contributed by atoms with Crippen LogP contribution in [0, 0.1) is 0 Å². The monoisotopic (exact) mass is 792 g/mol. The average molecular weight is 793 g/mol. The molecule has 12 rings (SSSR count). The van der Waals surface area contributed by atoms with Crippen molar-refractivity contribution in [1.29, 1.82) is 0 Å². The number of fused-ring (bicyclic) bond motifs is 6. The zero-order valence-electron chi connectivity index (χ0n) is 33.9. The van der Waals surface area contributed by atoms with E-state index in [9.17, 15) is 0 Å². The van der Waals surface area contributed by atoms with Crippen molar-refractivity contribution < 1.29 is 0 Å². The molecule has 0 aliphatic heterocycles. The number of benzene rings is 8. The Morgan fingerprint density at radius 3 is 1.32 bits per heavy atom. The molecule has 0 spiro atoms. The maximum absolute atomic E-state index is 5.15. The predicted octanol–water partition coefficient (Wildman–Crippen LogP) is 14.9. The van der Waals surface area contributed by atoms with E-state index in [2.05, 4.69) is 228 Å².